The molecule has 1 aromatic carbocycles. The summed E-state index contributed by atoms with van der Waals surface area (Å²) in [4.78, 5) is 39.6. The highest BCUT2D eigenvalue weighted by Crippen LogP contribution is 2.20. The molecule has 0 fully saturated rings. The van der Waals surface area contributed by atoms with Crippen LogP contribution in [-0.2, 0) is 16.1 Å². The molecule has 0 unspecified atom stereocenters. The molecule has 2 rings (SSSR count). The highest BCUT2D eigenvalue weighted by Gasteiger charge is 2.13. The van der Waals surface area contributed by atoms with Crippen molar-refractivity contribution in [2.24, 2.45) is 5.73 Å². The first kappa shape index (κ1) is 18.5. The van der Waals surface area contributed by atoms with Crippen molar-refractivity contribution < 1.29 is 9.59 Å². The maximum atomic E-state index is 12.7. The van der Waals surface area contributed by atoms with E-state index in [1.165, 1.54) is 0 Å². The molecular weight excluding hydrogens is 396 g/mol. The number of carbonyl (C=O) groups excluding carboxylic acids is 2. The van der Waals surface area contributed by atoms with Crippen LogP contribution < -0.4 is 16.6 Å². The number of primary amides is 1. The highest BCUT2D eigenvalue weighted by atomic mass is 79.9. The fourth-order valence-corrected chi connectivity index (χ4v) is 3.29. The third kappa shape index (κ3) is 4.57. The Kier molecular flexibility index (Phi) is 6.38. The van der Waals surface area contributed by atoms with E-state index in [0.717, 1.165) is 22.7 Å². The second-order valence-corrected chi connectivity index (χ2v) is 6.90. The normalized spacial score (nSPS) is 10.8. The number of thioether (sulfide) groups is 1. The van der Waals surface area contributed by atoms with Gasteiger partial charge in [-0.3, -0.25) is 19.0 Å². The van der Waals surface area contributed by atoms with E-state index >= 15 is 0 Å². The molecule has 9 heteroatoms. The van der Waals surface area contributed by atoms with E-state index in [1.807, 2.05) is 13.0 Å². The van der Waals surface area contributed by atoms with Crippen LogP contribution in [0.1, 0.15) is 13.3 Å². The first-order valence-electron chi connectivity index (χ1n) is 7.30. The number of nitrogens with one attached hydrogen (secondary N) is 1. The smallest absolute Gasteiger partial charge is 0.262 e. The number of aromatic nitrogens is 2. The van der Waals surface area contributed by atoms with Crippen molar-refractivity contribution in [2.75, 3.05) is 12.3 Å². The Morgan fingerprint density at radius 3 is 2.83 bits per heavy atom. The first-order valence-corrected chi connectivity index (χ1v) is 9.08. The zero-order valence-electron chi connectivity index (χ0n) is 13.0. The monoisotopic (exact) mass is 412 g/mol. The summed E-state index contributed by atoms with van der Waals surface area (Å²) >= 11 is 4.51. The first-order chi connectivity index (χ1) is 11.4. The van der Waals surface area contributed by atoms with E-state index in [-0.39, 0.29) is 23.8 Å². The lowest BCUT2D eigenvalue weighted by atomic mass is 10.2. The number of hydrogen-bond donors (Lipinski definition) is 2. The van der Waals surface area contributed by atoms with Gasteiger partial charge in [-0.15, -0.1) is 0 Å². The summed E-state index contributed by atoms with van der Waals surface area (Å²) in [6.45, 7) is 2.27. The number of fused-ring (bicyclic) bond motifs is 1. The minimum absolute atomic E-state index is 0.0471. The van der Waals surface area contributed by atoms with Gasteiger partial charge in [0.2, 0.25) is 11.8 Å². The molecule has 2 aromatic rings. The molecule has 0 spiro atoms. The van der Waals surface area contributed by atoms with Crippen LogP contribution in [-0.4, -0.2) is 33.7 Å². The molecule has 7 nitrogen and oxygen atoms in total. The van der Waals surface area contributed by atoms with Crippen LogP contribution in [0.2, 0.25) is 0 Å². The molecular formula is C15H17BrN4O3S. The van der Waals surface area contributed by atoms with Gasteiger partial charge in [0.25, 0.3) is 5.56 Å². The fourth-order valence-electron chi connectivity index (χ4n) is 2.07. The molecule has 0 aliphatic heterocycles. The predicted octanol–water partition coefficient (Wildman–Crippen LogP) is 1.26. The lowest BCUT2D eigenvalue weighted by molar-refractivity contribution is -0.123. The van der Waals surface area contributed by atoms with Crippen molar-refractivity contribution in [1.29, 1.82) is 0 Å². The van der Waals surface area contributed by atoms with Crippen molar-refractivity contribution in [3.63, 3.8) is 0 Å². The third-order valence-electron chi connectivity index (χ3n) is 3.12. The Morgan fingerprint density at radius 1 is 1.42 bits per heavy atom. The zero-order chi connectivity index (χ0) is 17.7. The fraction of sp³-hybridized carbons (Fsp3) is 0.333. The predicted molar refractivity (Wildman–Crippen MR) is 96.9 cm³/mol. The number of amides is 2. The van der Waals surface area contributed by atoms with Crippen molar-refractivity contribution in [3.05, 3.63) is 33.0 Å². The van der Waals surface area contributed by atoms with Crippen LogP contribution in [0.25, 0.3) is 10.9 Å². The van der Waals surface area contributed by atoms with E-state index < -0.39 is 5.91 Å². The summed E-state index contributed by atoms with van der Waals surface area (Å²) in [5.74, 6) is -0.900. The number of benzene rings is 1. The van der Waals surface area contributed by atoms with Gasteiger partial charge < -0.3 is 11.1 Å². The average Bonchev–Trinajstić information content (AvgIpc) is 2.54. The summed E-state index contributed by atoms with van der Waals surface area (Å²) in [6.07, 6.45) is 0.766. The highest BCUT2D eigenvalue weighted by molar-refractivity contribution is 9.10. The second-order valence-electron chi connectivity index (χ2n) is 5.04. The Bertz CT molecular complexity index is 837. The van der Waals surface area contributed by atoms with Gasteiger partial charge in [0.05, 0.1) is 23.2 Å². The lowest BCUT2D eigenvalue weighted by Crippen LogP contribution is -2.34. The van der Waals surface area contributed by atoms with Crippen molar-refractivity contribution in [2.45, 2.75) is 25.0 Å². The molecule has 0 aliphatic carbocycles. The van der Waals surface area contributed by atoms with E-state index in [1.54, 1.807) is 16.7 Å². The molecule has 1 aromatic heterocycles. The average molecular weight is 413 g/mol. The topological polar surface area (TPSA) is 107 Å². The van der Waals surface area contributed by atoms with Crippen molar-refractivity contribution in [3.8, 4) is 0 Å². The zero-order valence-corrected chi connectivity index (χ0v) is 15.4. The molecule has 0 saturated carbocycles. The summed E-state index contributed by atoms with van der Waals surface area (Å²) in [6, 6.07) is 5.31. The quantitative estimate of drug-likeness (QED) is 0.525. The minimum Gasteiger partial charge on any atom is -0.368 e. The molecule has 0 atom stereocenters. The minimum atomic E-state index is -0.606. The van der Waals surface area contributed by atoms with Crippen LogP contribution in [0.4, 0.5) is 0 Å². The molecule has 3 N–H and O–H groups in total. The van der Waals surface area contributed by atoms with Crippen LogP contribution >= 0.6 is 27.7 Å². The number of nitrogens with zero attached hydrogens (tertiary/aromatic N) is 2. The Labute approximate surface area is 151 Å². The summed E-state index contributed by atoms with van der Waals surface area (Å²) in [5.41, 5.74) is 5.43. The van der Waals surface area contributed by atoms with E-state index in [2.05, 4.69) is 26.2 Å². The van der Waals surface area contributed by atoms with Crippen molar-refractivity contribution >= 4 is 50.4 Å². The standard InChI is InChI=1S/C15H17BrN4O3S/c1-2-5-20-14(23)10-6-9(16)3-4-11(10)19-15(20)24-8-13(22)18-7-12(17)21/h3-4,6H,2,5,7-8H2,1H3,(H2,17,21)(H,18,22). The van der Waals surface area contributed by atoms with Crippen LogP contribution in [0.3, 0.4) is 0 Å². The Balaban J connectivity index is 2.29. The molecule has 0 aliphatic rings. The number of nitrogens with two attached hydrogens (primary N) is 1. The molecule has 1 heterocycles. The summed E-state index contributed by atoms with van der Waals surface area (Å²) in [5, 5.41) is 3.41. The molecule has 0 bridgehead atoms. The van der Waals surface area contributed by atoms with Gasteiger partial charge in [-0.2, -0.15) is 0 Å². The molecule has 24 heavy (non-hydrogen) atoms. The number of hydrogen-bond acceptors (Lipinski definition) is 5. The van der Waals surface area contributed by atoms with Crippen LogP contribution in [0.5, 0.6) is 0 Å². The molecule has 2 amide bonds. The SMILES string of the molecule is CCCn1c(SCC(=O)NCC(N)=O)nc2ccc(Br)cc2c1=O. The van der Waals surface area contributed by atoms with Gasteiger partial charge in [-0.05, 0) is 24.6 Å². The third-order valence-corrected chi connectivity index (χ3v) is 4.59. The van der Waals surface area contributed by atoms with Crippen LogP contribution in [0, 0.1) is 0 Å². The maximum Gasteiger partial charge on any atom is 0.262 e. The molecule has 128 valence electrons. The van der Waals surface area contributed by atoms with E-state index in [4.69, 9.17) is 5.73 Å². The van der Waals surface area contributed by atoms with Gasteiger partial charge >= 0.3 is 0 Å². The molecule has 0 saturated heterocycles. The maximum absolute atomic E-state index is 12.7. The van der Waals surface area contributed by atoms with Gasteiger partial charge in [0.15, 0.2) is 5.16 Å². The van der Waals surface area contributed by atoms with E-state index in [0.29, 0.717) is 22.6 Å². The number of carbonyl (C=O) groups is 2. The Morgan fingerprint density at radius 2 is 2.17 bits per heavy atom. The van der Waals surface area contributed by atoms with E-state index in [9.17, 15) is 14.4 Å². The van der Waals surface area contributed by atoms with Gasteiger partial charge in [0, 0.05) is 11.0 Å². The van der Waals surface area contributed by atoms with Crippen LogP contribution in [0.15, 0.2) is 32.6 Å². The molecule has 0 radical (unpaired) electrons. The summed E-state index contributed by atoms with van der Waals surface area (Å²) < 4.78 is 2.38. The number of rotatable bonds is 7. The van der Waals surface area contributed by atoms with Gasteiger partial charge in [-0.25, -0.2) is 4.98 Å². The Hall–Kier alpha value is -1.87. The second kappa shape index (κ2) is 8.29. The number of halogens is 1. The lowest BCUT2D eigenvalue weighted by Gasteiger charge is -2.12. The van der Waals surface area contributed by atoms with Crippen molar-refractivity contribution in [1.82, 2.24) is 14.9 Å². The summed E-state index contributed by atoms with van der Waals surface area (Å²) in [7, 11) is 0. The van der Waals surface area contributed by atoms with Gasteiger partial charge in [0.1, 0.15) is 0 Å². The largest absolute Gasteiger partial charge is 0.368 e. The van der Waals surface area contributed by atoms with Gasteiger partial charge in [-0.1, -0.05) is 34.6 Å².